The summed E-state index contributed by atoms with van der Waals surface area (Å²) >= 11 is 0. The average Bonchev–Trinajstić information content (AvgIpc) is 3.36. The van der Waals surface area contributed by atoms with Gasteiger partial charge in [-0.05, 0) is 89.9 Å². The lowest BCUT2D eigenvalue weighted by Crippen LogP contribution is -2.60. The van der Waals surface area contributed by atoms with Crippen molar-refractivity contribution in [3.63, 3.8) is 0 Å². The van der Waals surface area contributed by atoms with E-state index < -0.39 is 49.5 Å². The maximum Gasteiger partial charge on any atom is 0.220 e. The molecule has 1 heterocycles. The van der Waals surface area contributed by atoms with Crippen molar-refractivity contribution >= 4 is 5.91 Å². The van der Waals surface area contributed by atoms with Gasteiger partial charge < -0.3 is 40.3 Å². The van der Waals surface area contributed by atoms with Gasteiger partial charge in [0.2, 0.25) is 5.91 Å². The highest BCUT2D eigenvalue weighted by Crippen LogP contribution is 2.23. The highest BCUT2D eigenvalue weighted by molar-refractivity contribution is 5.76. The molecule has 1 rings (SSSR count). The second-order valence-electron chi connectivity index (χ2n) is 18.6. The van der Waals surface area contributed by atoms with Gasteiger partial charge in [0.05, 0.1) is 25.4 Å². The molecule has 0 aromatic heterocycles. The highest BCUT2D eigenvalue weighted by atomic mass is 16.7. The SMILES string of the molecule is CC/C=C\C/C=C\C/C=C\C/C=C\C/C=C\C/C=C\C/C=C\C/C=C\C/C=C\C/C=C\CCCCCCCCC(=O)NC(COC1OC(CO)C(O)C(O)C1O)C(O)CCCCCCCCCCCC. The smallest absolute Gasteiger partial charge is 0.220 e. The fourth-order valence-corrected chi connectivity index (χ4v) is 7.95. The minimum atomic E-state index is -1.56. The summed E-state index contributed by atoms with van der Waals surface area (Å²) in [6.07, 6.45) is 66.6. The first kappa shape index (κ1) is 64.6. The number of carbonyl (C=O) groups is 1. The molecule has 0 aromatic carbocycles. The van der Waals surface area contributed by atoms with E-state index in [4.69, 9.17) is 9.47 Å². The van der Waals surface area contributed by atoms with Crippen LogP contribution in [-0.4, -0.2) is 87.5 Å². The Hall–Kier alpha value is -3.41. The Kier molecular flexibility index (Phi) is 45.4. The Labute approximate surface area is 427 Å². The second-order valence-corrected chi connectivity index (χ2v) is 18.6. The van der Waals surface area contributed by atoms with Crippen molar-refractivity contribution < 1.29 is 39.8 Å². The molecule has 0 aromatic rings. The fraction of sp³-hybridized carbons (Fsp3) is 0.656. The predicted octanol–water partition coefficient (Wildman–Crippen LogP) is 13.6. The Morgan fingerprint density at radius 3 is 1.31 bits per heavy atom. The van der Waals surface area contributed by atoms with Crippen LogP contribution in [-0.2, 0) is 14.3 Å². The zero-order chi connectivity index (χ0) is 50.8. The largest absolute Gasteiger partial charge is 0.394 e. The molecular weight excluding hydrogens is 875 g/mol. The van der Waals surface area contributed by atoms with Crippen molar-refractivity contribution in [2.45, 2.75) is 243 Å². The molecule has 1 aliphatic heterocycles. The molecule has 9 heteroatoms. The Balaban J connectivity index is 2.16. The number of rotatable bonds is 45. The summed E-state index contributed by atoms with van der Waals surface area (Å²) in [5.41, 5.74) is 0. The van der Waals surface area contributed by atoms with Gasteiger partial charge in [-0.25, -0.2) is 0 Å². The van der Waals surface area contributed by atoms with Crippen LogP contribution in [0.5, 0.6) is 0 Å². The maximum absolute atomic E-state index is 13.0. The first-order valence-corrected chi connectivity index (χ1v) is 27.7. The number of aliphatic hydroxyl groups excluding tert-OH is 5. The number of aliphatic hydroxyl groups is 5. The van der Waals surface area contributed by atoms with Gasteiger partial charge in [-0.3, -0.25) is 4.79 Å². The van der Waals surface area contributed by atoms with Gasteiger partial charge in [0.15, 0.2) is 6.29 Å². The molecule has 1 fully saturated rings. The summed E-state index contributed by atoms with van der Waals surface area (Å²) in [6.45, 7) is 3.67. The highest BCUT2D eigenvalue weighted by Gasteiger charge is 2.44. The van der Waals surface area contributed by atoms with Crippen LogP contribution in [0.2, 0.25) is 0 Å². The Morgan fingerprint density at radius 2 is 0.886 bits per heavy atom. The third-order valence-electron chi connectivity index (χ3n) is 12.3. The summed E-state index contributed by atoms with van der Waals surface area (Å²) in [7, 11) is 0. The molecule has 1 saturated heterocycles. The first-order chi connectivity index (χ1) is 34.3. The van der Waals surface area contributed by atoms with Crippen LogP contribution < -0.4 is 5.32 Å². The van der Waals surface area contributed by atoms with E-state index in [0.717, 1.165) is 128 Å². The van der Waals surface area contributed by atoms with Crippen LogP contribution in [0, 0.1) is 0 Å². The van der Waals surface area contributed by atoms with Gasteiger partial charge in [-0.2, -0.15) is 0 Å². The molecule has 398 valence electrons. The van der Waals surface area contributed by atoms with E-state index in [1.54, 1.807) is 0 Å². The van der Waals surface area contributed by atoms with Crippen LogP contribution in [0.3, 0.4) is 0 Å². The van der Waals surface area contributed by atoms with Crippen molar-refractivity contribution in [3.8, 4) is 0 Å². The molecule has 70 heavy (non-hydrogen) atoms. The summed E-state index contributed by atoms with van der Waals surface area (Å²) < 4.78 is 11.2. The average molecular weight is 976 g/mol. The normalized spacial score (nSPS) is 20.4. The number of hydrogen-bond donors (Lipinski definition) is 6. The third kappa shape index (κ3) is 38.3. The lowest BCUT2D eigenvalue weighted by Gasteiger charge is -2.40. The lowest BCUT2D eigenvalue weighted by atomic mass is 9.99. The van der Waals surface area contributed by atoms with E-state index in [9.17, 15) is 30.3 Å². The molecule has 7 unspecified atom stereocenters. The second kappa shape index (κ2) is 49.2. The van der Waals surface area contributed by atoms with E-state index in [2.05, 4.69) is 141 Å². The minimum absolute atomic E-state index is 0.152. The number of amides is 1. The maximum atomic E-state index is 13.0. The number of hydrogen-bond acceptors (Lipinski definition) is 8. The van der Waals surface area contributed by atoms with Crippen LogP contribution in [0.4, 0.5) is 0 Å². The Bertz CT molecular complexity index is 1510. The van der Waals surface area contributed by atoms with Gasteiger partial charge >= 0.3 is 0 Å². The molecular formula is C61H101NO8. The van der Waals surface area contributed by atoms with Crippen molar-refractivity contribution in [3.05, 3.63) is 122 Å². The van der Waals surface area contributed by atoms with E-state index >= 15 is 0 Å². The molecule has 1 aliphatic rings. The molecule has 0 bridgehead atoms. The molecule has 0 saturated carbocycles. The lowest BCUT2D eigenvalue weighted by molar-refractivity contribution is -0.302. The van der Waals surface area contributed by atoms with Crippen LogP contribution in [0.25, 0.3) is 0 Å². The quantitative estimate of drug-likeness (QED) is 0.0261. The zero-order valence-electron chi connectivity index (χ0n) is 44.0. The molecule has 9 nitrogen and oxygen atoms in total. The standard InChI is InChI=1S/C61H101NO8/c1-3-5-7-9-11-13-15-16-17-18-19-20-21-22-23-24-25-26-27-28-29-30-31-32-33-34-35-36-37-38-39-40-41-43-45-47-49-51-57(65)62-54(53-69-61-60(68)59(67)58(66)56(52-63)70-61)55(64)50-48-46-44-42-14-12-10-8-6-4-2/h5,7,11,13,16-17,19-20,22-23,25-26,28-29,31-32,34-35,37-38,54-56,58-61,63-64,66-68H,3-4,6,8-10,12,14-15,18,21,24,27,30,33,36,39-53H2,1-2H3,(H,62,65)/b7-5-,13-11-,17-16-,20-19-,23-22-,26-25-,29-28-,32-31-,35-34-,38-37-. The summed E-state index contributed by atoms with van der Waals surface area (Å²) in [5, 5.41) is 54.4. The minimum Gasteiger partial charge on any atom is -0.394 e. The monoisotopic (exact) mass is 976 g/mol. The van der Waals surface area contributed by atoms with Gasteiger partial charge in [-0.1, -0.05) is 225 Å². The number of carbonyl (C=O) groups excluding carboxylic acids is 1. The third-order valence-corrected chi connectivity index (χ3v) is 12.3. The predicted molar refractivity (Wildman–Crippen MR) is 294 cm³/mol. The van der Waals surface area contributed by atoms with Crippen LogP contribution in [0.1, 0.15) is 200 Å². The summed E-state index contributed by atoms with van der Waals surface area (Å²) in [4.78, 5) is 13.0. The number of ether oxygens (including phenoxy) is 2. The van der Waals surface area contributed by atoms with E-state index in [1.807, 2.05) is 0 Å². The molecule has 0 spiro atoms. The zero-order valence-corrected chi connectivity index (χ0v) is 44.0. The van der Waals surface area contributed by atoms with Crippen LogP contribution in [0.15, 0.2) is 122 Å². The molecule has 7 atom stereocenters. The summed E-state index contributed by atoms with van der Waals surface area (Å²) in [6, 6.07) is -0.734. The summed E-state index contributed by atoms with van der Waals surface area (Å²) in [5.74, 6) is -0.166. The van der Waals surface area contributed by atoms with Crippen molar-refractivity contribution in [2.24, 2.45) is 0 Å². The van der Waals surface area contributed by atoms with Crippen LogP contribution >= 0.6 is 0 Å². The molecule has 1 amide bonds. The molecule has 6 N–H and O–H groups in total. The topological polar surface area (TPSA) is 149 Å². The number of unbranched alkanes of at least 4 members (excludes halogenated alkanes) is 15. The number of nitrogens with one attached hydrogen (secondary N) is 1. The first-order valence-electron chi connectivity index (χ1n) is 27.7. The Morgan fingerprint density at radius 1 is 0.500 bits per heavy atom. The van der Waals surface area contributed by atoms with Crippen molar-refractivity contribution in [1.29, 1.82) is 0 Å². The van der Waals surface area contributed by atoms with Crippen molar-refractivity contribution in [1.82, 2.24) is 5.32 Å². The molecule has 0 radical (unpaired) electrons. The molecule has 0 aliphatic carbocycles. The van der Waals surface area contributed by atoms with Gasteiger partial charge in [0.1, 0.15) is 24.4 Å². The van der Waals surface area contributed by atoms with Crippen molar-refractivity contribution in [2.75, 3.05) is 13.2 Å². The van der Waals surface area contributed by atoms with Gasteiger partial charge in [0, 0.05) is 6.42 Å². The van der Waals surface area contributed by atoms with Gasteiger partial charge in [0.25, 0.3) is 0 Å². The van der Waals surface area contributed by atoms with E-state index in [0.29, 0.717) is 12.8 Å². The number of allylic oxidation sites excluding steroid dienone is 20. The fourth-order valence-electron chi connectivity index (χ4n) is 7.95. The van der Waals surface area contributed by atoms with Gasteiger partial charge in [-0.15, -0.1) is 0 Å². The van der Waals surface area contributed by atoms with E-state index in [-0.39, 0.29) is 12.5 Å². The van der Waals surface area contributed by atoms with E-state index in [1.165, 1.54) is 44.9 Å².